The van der Waals surface area contributed by atoms with Gasteiger partial charge in [0.2, 0.25) is 0 Å². The van der Waals surface area contributed by atoms with E-state index in [1.807, 2.05) is 13.0 Å². The number of carbonyl (C=O) groups is 1. The van der Waals surface area contributed by atoms with E-state index in [1.54, 1.807) is 18.3 Å². The maximum Gasteiger partial charge on any atom is 0.293 e. The largest absolute Gasteiger partial charge is 0.488 e. The highest BCUT2D eigenvalue weighted by atomic mass is 19.1. The third-order valence-corrected chi connectivity index (χ3v) is 4.69. The van der Waals surface area contributed by atoms with Crippen molar-refractivity contribution in [2.75, 3.05) is 31.0 Å². The summed E-state index contributed by atoms with van der Waals surface area (Å²) in [5, 5.41) is 17.2. The number of ether oxygens (including phenoxy) is 2. The first-order valence-electron chi connectivity index (χ1n) is 10.1. The summed E-state index contributed by atoms with van der Waals surface area (Å²) in [5.41, 5.74) is 0.936. The first kappa shape index (κ1) is 23.6. The topological polar surface area (TPSA) is 116 Å². The van der Waals surface area contributed by atoms with E-state index < -0.39 is 16.6 Å². The molecule has 1 aromatic heterocycles. The monoisotopic (exact) mass is 454 g/mol. The van der Waals surface area contributed by atoms with E-state index in [9.17, 15) is 19.3 Å². The van der Waals surface area contributed by atoms with Gasteiger partial charge < -0.3 is 20.1 Å². The van der Waals surface area contributed by atoms with Crippen molar-refractivity contribution in [1.82, 2.24) is 4.98 Å². The fraction of sp³-hybridized carbons (Fsp3) is 0.217. The van der Waals surface area contributed by atoms with E-state index in [2.05, 4.69) is 15.6 Å². The third-order valence-electron chi connectivity index (χ3n) is 4.69. The molecular formula is C23H23FN4O5. The number of rotatable bonds is 10. The molecule has 2 N–H and O–H groups in total. The van der Waals surface area contributed by atoms with Crippen LogP contribution in [0.3, 0.4) is 0 Å². The number of nitro groups is 1. The normalized spacial score (nSPS) is 11.5. The lowest BCUT2D eigenvalue weighted by Crippen LogP contribution is -2.14. The Balaban J connectivity index is 1.74. The van der Waals surface area contributed by atoms with Crippen LogP contribution in [0.15, 0.2) is 60.8 Å². The van der Waals surface area contributed by atoms with Crippen LogP contribution in [0.25, 0.3) is 0 Å². The molecule has 3 aromatic rings. The molecule has 0 saturated carbocycles. The maximum atomic E-state index is 14.2. The zero-order chi connectivity index (χ0) is 23.8. The molecule has 9 nitrogen and oxygen atoms in total. The van der Waals surface area contributed by atoms with Gasteiger partial charge in [-0.3, -0.25) is 19.9 Å². The van der Waals surface area contributed by atoms with Crippen molar-refractivity contribution in [3.05, 3.63) is 88.0 Å². The minimum Gasteiger partial charge on any atom is -0.488 e. The molecule has 0 fully saturated rings. The summed E-state index contributed by atoms with van der Waals surface area (Å²) in [6.07, 6.45) is 1.64. The number of halogens is 1. The van der Waals surface area contributed by atoms with E-state index >= 15 is 0 Å². The molecule has 3 rings (SSSR count). The average Bonchev–Trinajstić information content (AvgIpc) is 2.81. The van der Waals surface area contributed by atoms with Crippen molar-refractivity contribution < 1.29 is 23.6 Å². The summed E-state index contributed by atoms with van der Waals surface area (Å²) in [6, 6.07) is 13.2. The molecule has 0 aliphatic rings. The van der Waals surface area contributed by atoms with Gasteiger partial charge in [-0.25, -0.2) is 4.39 Å². The van der Waals surface area contributed by atoms with Crippen molar-refractivity contribution in [3.8, 4) is 5.75 Å². The average molecular weight is 454 g/mol. The number of pyridine rings is 1. The molecule has 1 heterocycles. The lowest BCUT2D eigenvalue weighted by atomic mass is 10.1. The molecular weight excluding hydrogens is 431 g/mol. The van der Waals surface area contributed by atoms with Gasteiger partial charge in [0.15, 0.2) is 11.6 Å². The molecule has 172 valence electrons. The SMILES string of the molecule is COCCOc1ccc(NC(=O)c2ccc(NC(C)c3ccccn3)c([N+](=O)[O-])c2)cc1F. The van der Waals surface area contributed by atoms with Crippen molar-refractivity contribution >= 4 is 23.0 Å². The molecule has 10 heteroatoms. The van der Waals surface area contributed by atoms with Crippen LogP contribution in [0.5, 0.6) is 5.75 Å². The summed E-state index contributed by atoms with van der Waals surface area (Å²) >= 11 is 0. The van der Waals surface area contributed by atoms with E-state index in [-0.39, 0.29) is 41.0 Å². The minimum atomic E-state index is -0.655. The Morgan fingerprint density at radius 3 is 2.67 bits per heavy atom. The van der Waals surface area contributed by atoms with Gasteiger partial charge in [0.25, 0.3) is 11.6 Å². The fourth-order valence-electron chi connectivity index (χ4n) is 3.02. The van der Waals surface area contributed by atoms with Crippen LogP contribution < -0.4 is 15.4 Å². The number of anilines is 2. The second-order valence-corrected chi connectivity index (χ2v) is 7.05. The molecule has 0 spiro atoms. The zero-order valence-corrected chi connectivity index (χ0v) is 18.1. The molecule has 0 bridgehead atoms. The highest BCUT2D eigenvalue weighted by molar-refractivity contribution is 6.05. The summed E-state index contributed by atoms with van der Waals surface area (Å²) in [6.45, 7) is 2.31. The van der Waals surface area contributed by atoms with Crippen LogP contribution in [-0.4, -0.2) is 36.1 Å². The van der Waals surface area contributed by atoms with Gasteiger partial charge in [0, 0.05) is 36.7 Å². The quantitative estimate of drug-likeness (QED) is 0.262. The standard InChI is InChI=1S/C23H23FN4O5/c1-15(19-5-3-4-10-25-19)26-20-8-6-16(13-21(20)28(30)31)23(29)27-17-7-9-22(18(24)14-17)33-12-11-32-2/h3-10,13-15,26H,11-12H2,1-2H3,(H,27,29). The molecule has 2 aromatic carbocycles. The van der Waals surface area contributed by atoms with Gasteiger partial charge in [-0.1, -0.05) is 6.07 Å². The highest BCUT2D eigenvalue weighted by Crippen LogP contribution is 2.29. The van der Waals surface area contributed by atoms with Gasteiger partial charge in [-0.15, -0.1) is 0 Å². The van der Waals surface area contributed by atoms with Crippen molar-refractivity contribution in [3.63, 3.8) is 0 Å². The number of hydrogen-bond acceptors (Lipinski definition) is 7. The predicted molar refractivity (Wildman–Crippen MR) is 121 cm³/mol. The number of nitrogens with zero attached hydrogens (tertiary/aromatic N) is 2. The number of amides is 1. The lowest BCUT2D eigenvalue weighted by molar-refractivity contribution is -0.384. The molecule has 0 aliphatic carbocycles. The molecule has 33 heavy (non-hydrogen) atoms. The molecule has 1 unspecified atom stereocenters. The van der Waals surface area contributed by atoms with Gasteiger partial charge >= 0.3 is 0 Å². The summed E-state index contributed by atoms with van der Waals surface area (Å²) in [4.78, 5) is 27.9. The molecule has 0 radical (unpaired) electrons. The van der Waals surface area contributed by atoms with Crippen LogP contribution in [0.1, 0.15) is 29.0 Å². The first-order valence-corrected chi connectivity index (χ1v) is 10.1. The van der Waals surface area contributed by atoms with Crippen LogP contribution in [0.4, 0.5) is 21.5 Å². The number of aromatic nitrogens is 1. The van der Waals surface area contributed by atoms with Crippen molar-refractivity contribution in [2.24, 2.45) is 0 Å². The summed E-state index contributed by atoms with van der Waals surface area (Å²) < 4.78 is 24.3. The minimum absolute atomic E-state index is 0.0261. The lowest BCUT2D eigenvalue weighted by Gasteiger charge is -2.15. The van der Waals surface area contributed by atoms with E-state index in [4.69, 9.17) is 9.47 Å². The van der Waals surface area contributed by atoms with E-state index in [1.165, 1.54) is 37.4 Å². The number of nitro benzene ring substituents is 1. The number of nitrogens with one attached hydrogen (secondary N) is 2. The second kappa shape index (κ2) is 11.0. The number of benzene rings is 2. The van der Waals surface area contributed by atoms with Crippen molar-refractivity contribution in [1.29, 1.82) is 0 Å². The Labute approximate surface area is 189 Å². The smallest absolute Gasteiger partial charge is 0.293 e. The van der Waals surface area contributed by atoms with Crippen LogP contribution >= 0.6 is 0 Å². The zero-order valence-electron chi connectivity index (χ0n) is 18.1. The summed E-state index contributed by atoms with van der Waals surface area (Å²) in [5.74, 6) is -1.24. The number of carbonyl (C=O) groups excluding carboxylic acids is 1. The number of methoxy groups -OCH3 is 1. The molecule has 0 saturated heterocycles. The molecule has 0 aliphatic heterocycles. The van der Waals surface area contributed by atoms with Crippen LogP contribution in [0, 0.1) is 15.9 Å². The van der Waals surface area contributed by atoms with Gasteiger partial charge in [0.1, 0.15) is 12.3 Å². The molecule has 1 atom stereocenters. The van der Waals surface area contributed by atoms with E-state index in [0.717, 1.165) is 6.07 Å². The first-order chi connectivity index (χ1) is 15.9. The van der Waals surface area contributed by atoms with Gasteiger partial charge in [0.05, 0.1) is 23.3 Å². The second-order valence-electron chi connectivity index (χ2n) is 7.05. The maximum absolute atomic E-state index is 14.2. The Bertz CT molecular complexity index is 1130. The molecule has 1 amide bonds. The Kier molecular flexibility index (Phi) is 7.87. The Morgan fingerprint density at radius 1 is 1.18 bits per heavy atom. The van der Waals surface area contributed by atoms with Crippen LogP contribution in [-0.2, 0) is 4.74 Å². The Hall–Kier alpha value is -4.05. The van der Waals surface area contributed by atoms with Crippen molar-refractivity contribution in [2.45, 2.75) is 13.0 Å². The highest BCUT2D eigenvalue weighted by Gasteiger charge is 2.20. The van der Waals surface area contributed by atoms with E-state index in [0.29, 0.717) is 12.3 Å². The fourth-order valence-corrected chi connectivity index (χ4v) is 3.02. The van der Waals surface area contributed by atoms with Crippen LogP contribution in [0.2, 0.25) is 0 Å². The predicted octanol–water partition coefficient (Wildman–Crippen LogP) is 4.58. The summed E-state index contributed by atoms with van der Waals surface area (Å²) in [7, 11) is 1.51. The van der Waals surface area contributed by atoms with Gasteiger partial charge in [-0.2, -0.15) is 0 Å². The number of hydrogen-bond donors (Lipinski definition) is 2. The van der Waals surface area contributed by atoms with Gasteiger partial charge in [-0.05, 0) is 43.3 Å². The Morgan fingerprint density at radius 2 is 2.00 bits per heavy atom. The third kappa shape index (κ3) is 6.23.